The van der Waals surface area contributed by atoms with Gasteiger partial charge in [0, 0.05) is 18.0 Å². The zero-order valence-electron chi connectivity index (χ0n) is 9.22. The predicted molar refractivity (Wildman–Crippen MR) is 66.2 cm³/mol. The lowest BCUT2D eigenvalue weighted by atomic mass is 10.4. The first-order chi connectivity index (χ1) is 7.64. The summed E-state index contributed by atoms with van der Waals surface area (Å²) in [5.41, 5.74) is 0. The Balaban J connectivity index is 2.28. The van der Waals surface area contributed by atoms with Gasteiger partial charge in [-0.05, 0) is 43.4 Å². The summed E-state index contributed by atoms with van der Waals surface area (Å²) in [4.78, 5) is 1.49. The van der Waals surface area contributed by atoms with Crippen LogP contribution in [0.15, 0.2) is 34.1 Å². The standard InChI is InChI=1S/C11H15NO2S2/c1-15-10-4-6-11(7-5-10)16(13,14)12-8-2-3-9-12/h4-7H,2-3,8-9H2,1H3. The highest BCUT2D eigenvalue weighted by Crippen LogP contribution is 2.23. The largest absolute Gasteiger partial charge is 0.243 e. The summed E-state index contributed by atoms with van der Waals surface area (Å²) in [6, 6.07) is 7.10. The maximum atomic E-state index is 12.2. The van der Waals surface area contributed by atoms with E-state index in [1.807, 2.05) is 18.4 Å². The Bertz CT molecular complexity index is 447. The molecule has 0 atom stereocenters. The maximum Gasteiger partial charge on any atom is 0.243 e. The van der Waals surface area contributed by atoms with Crippen LogP contribution < -0.4 is 0 Å². The molecule has 0 spiro atoms. The lowest BCUT2D eigenvalue weighted by Gasteiger charge is -2.15. The van der Waals surface area contributed by atoms with Crippen molar-refractivity contribution in [3.63, 3.8) is 0 Å². The van der Waals surface area contributed by atoms with Gasteiger partial charge in [0.25, 0.3) is 0 Å². The van der Waals surface area contributed by atoms with Gasteiger partial charge in [0.15, 0.2) is 0 Å². The van der Waals surface area contributed by atoms with Crippen LogP contribution in [0.25, 0.3) is 0 Å². The van der Waals surface area contributed by atoms with Crippen LogP contribution in [0.5, 0.6) is 0 Å². The topological polar surface area (TPSA) is 37.4 Å². The van der Waals surface area contributed by atoms with Crippen LogP contribution >= 0.6 is 11.8 Å². The van der Waals surface area contributed by atoms with Crippen molar-refractivity contribution in [3.8, 4) is 0 Å². The molecule has 0 unspecified atom stereocenters. The summed E-state index contributed by atoms with van der Waals surface area (Å²) < 4.78 is 25.9. The molecule has 1 aromatic carbocycles. The molecule has 1 aliphatic heterocycles. The van der Waals surface area contributed by atoms with E-state index in [1.54, 1.807) is 28.2 Å². The first-order valence-electron chi connectivity index (χ1n) is 5.29. The highest BCUT2D eigenvalue weighted by molar-refractivity contribution is 7.98. The van der Waals surface area contributed by atoms with Gasteiger partial charge in [-0.15, -0.1) is 11.8 Å². The average molecular weight is 257 g/mol. The van der Waals surface area contributed by atoms with Crippen molar-refractivity contribution in [2.24, 2.45) is 0 Å². The van der Waals surface area contributed by atoms with Gasteiger partial charge in [-0.1, -0.05) is 0 Å². The Labute approximate surface area is 101 Å². The lowest BCUT2D eigenvalue weighted by Crippen LogP contribution is -2.27. The Morgan fingerprint density at radius 1 is 1.12 bits per heavy atom. The predicted octanol–water partition coefficient (Wildman–Crippen LogP) is 2.19. The number of hydrogen-bond acceptors (Lipinski definition) is 3. The zero-order chi connectivity index (χ0) is 11.6. The third kappa shape index (κ3) is 2.26. The summed E-state index contributed by atoms with van der Waals surface area (Å²) >= 11 is 1.61. The van der Waals surface area contributed by atoms with E-state index < -0.39 is 10.0 Å². The normalized spacial score (nSPS) is 17.8. The van der Waals surface area contributed by atoms with Crippen molar-refractivity contribution in [1.29, 1.82) is 0 Å². The monoisotopic (exact) mass is 257 g/mol. The SMILES string of the molecule is CSc1ccc(S(=O)(=O)N2CCCC2)cc1. The first kappa shape index (κ1) is 12.0. The van der Waals surface area contributed by atoms with Crippen molar-refractivity contribution in [3.05, 3.63) is 24.3 Å². The van der Waals surface area contributed by atoms with Crippen LogP contribution in [0.2, 0.25) is 0 Å². The molecule has 0 saturated carbocycles. The average Bonchev–Trinajstić information content (AvgIpc) is 2.83. The van der Waals surface area contributed by atoms with Gasteiger partial charge < -0.3 is 0 Å². The highest BCUT2D eigenvalue weighted by Gasteiger charge is 2.26. The Kier molecular flexibility index (Phi) is 3.56. The molecule has 1 aliphatic rings. The molecule has 1 saturated heterocycles. The van der Waals surface area contributed by atoms with E-state index in [4.69, 9.17) is 0 Å². The molecule has 3 nitrogen and oxygen atoms in total. The highest BCUT2D eigenvalue weighted by atomic mass is 32.2. The molecular weight excluding hydrogens is 242 g/mol. The molecule has 0 amide bonds. The second-order valence-corrected chi connectivity index (χ2v) is 6.60. The quantitative estimate of drug-likeness (QED) is 0.779. The third-order valence-corrected chi connectivity index (χ3v) is 5.42. The van der Waals surface area contributed by atoms with Crippen LogP contribution in [-0.2, 0) is 10.0 Å². The summed E-state index contributed by atoms with van der Waals surface area (Å²) in [5.74, 6) is 0. The number of hydrogen-bond donors (Lipinski definition) is 0. The fourth-order valence-electron chi connectivity index (χ4n) is 1.83. The molecule has 1 fully saturated rings. The number of benzene rings is 1. The molecule has 2 rings (SSSR count). The van der Waals surface area contributed by atoms with Crippen LogP contribution in [0.4, 0.5) is 0 Å². The smallest absolute Gasteiger partial charge is 0.207 e. The second kappa shape index (κ2) is 4.77. The summed E-state index contributed by atoms with van der Waals surface area (Å²) in [6.07, 6.45) is 3.92. The van der Waals surface area contributed by atoms with Crippen LogP contribution in [0.3, 0.4) is 0 Å². The van der Waals surface area contributed by atoms with Crippen molar-refractivity contribution in [2.75, 3.05) is 19.3 Å². The molecule has 0 aromatic heterocycles. The van der Waals surface area contributed by atoms with Gasteiger partial charge >= 0.3 is 0 Å². The number of sulfonamides is 1. The van der Waals surface area contributed by atoms with Gasteiger partial charge in [0.05, 0.1) is 4.90 Å². The van der Waals surface area contributed by atoms with Crippen molar-refractivity contribution in [1.82, 2.24) is 4.31 Å². The minimum Gasteiger partial charge on any atom is -0.207 e. The summed E-state index contributed by atoms with van der Waals surface area (Å²) in [6.45, 7) is 1.32. The van der Waals surface area contributed by atoms with E-state index in [1.165, 1.54) is 0 Å². The van der Waals surface area contributed by atoms with Gasteiger partial charge in [-0.25, -0.2) is 8.42 Å². The minimum absolute atomic E-state index is 0.409. The third-order valence-electron chi connectivity index (χ3n) is 2.76. The van der Waals surface area contributed by atoms with Crippen LogP contribution in [0, 0.1) is 0 Å². The van der Waals surface area contributed by atoms with Crippen molar-refractivity contribution in [2.45, 2.75) is 22.6 Å². The molecule has 0 aliphatic carbocycles. The molecule has 0 radical (unpaired) electrons. The fourth-order valence-corrected chi connectivity index (χ4v) is 3.75. The Morgan fingerprint density at radius 3 is 2.19 bits per heavy atom. The van der Waals surface area contributed by atoms with E-state index in [2.05, 4.69) is 0 Å². The molecule has 0 bridgehead atoms. The van der Waals surface area contributed by atoms with Gasteiger partial charge in [0.2, 0.25) is 10.0 Å². The molecule has 88 valence electrons. The Hall–Kier alpha value is -0.520. The summed E-state index contributed by atoms with van der Waals surface area (Å²) in [7, 11) is -3.24. The van der Waals surface area contributed by atoms with Gasteiger partial charge in [0.1, 0.15) is 0 Å². The van der Waals surface area contributed by atoms with E-state index in [9.17, 15) is 8.42 Å². The second-order valence-electron chi connectivity index (χ2n) is 3.79. The Morgan fingerprint density at radius 2 is 1.69 bits per heavy atom. The molecule has 0 N–H and O–H groups in total. The number of nitrogens with zero attached hydrogens (tertiary/aromatic N) is 1. The molecule has 5 heteroatoms. The van der Waals surface area contributed by atoms with E-state index in [-0.39, 0.29) is 0 Å². The molecule has 1 aromatic rings. The zero-order valence-corrected chi connectivity index (χ0v) is 10.9. The summed E-state index contributed by atoms with van der Waals surface area (Å²) in [5, 5.41) is 0. The van der Waals surface area contributed by atoms with Gasteiger partial charge in [-0.3, -0.25) is 0 Å². The van der Waals surface area contributed by atoms with E-state index in [0.29, 0.717) is 18.0 Å². The molecule has 1 heterocycles. The van der Waals surface area contributed by atoms with Crippen molar-refractivity contribution < 1.29 is 8.42 Å². The molecule has 16 heavy (non-hydrogen) atoms. The van der Waals surface area contributed by atoms with Crippen LogP contribution in [-0.4, -0.2) is 32.1 Å². The maximum absolute atomic E-state index is 12.2. The first-order valence-corrected chi connectivity index (χ1v) is 7.95. The molecular formula is C11H15NO2S2. The fraction of sp³-hybridized carbons (Fsp3) is 0.455. The van der Waals surface area contributed by atoms with Gasteiger partial charge in [-0.2, -0.15) is 4.31 Å². The number of rotatable bonds is 3. The van der Waals surface area contributed by atoms with E-state index >= 15 is 0 Å². The van der Waals surface area contributed by atoms with Crippen molar-refractivity contribution >= 4 is 21.8 Å². The van der Waals surface area contributed by atoms with E-state index in [0.717, 1.165) is 17.7 Å². The minimum atomic E-state index is -3.24. The number of thioether (sulfide) groups is 1. The van der Waals surface area contributed by atoms with Crippen LogP contribution in [0.1, 0.15) is 12.8 Å². The lowest BCUT2D eigenvalue weighted by molar-refractivity contribution is 0.477.